The van der Waals surface area contributed by atoms with E-state index in [0.717, 1.165) is 0 Å². The number of nitrogens with zero attached hydrogens (tertiary/aromatic N) is 1. The maximum Gasteiger partial charge on any atom is 0.271 e. The molecule has 0 aromatic heterocycles. The van der Waals surface area contributed by atoms with Gasteiger partial charge in [-0.25, -0.2) is 5.43 Å². The molecule has 0 spiro atoms. The Balaban J connectivity index is 2.12. The van der Waals surface area contributed by atoms with Gasteiger partial charge in [0.2, 0.25) is 0 Å². The van der Waals surface area contributed by atoms with Gasteiger partial charge >= 0.3 is 0 Å². The quantitative estimate of drug-likeness (QED) is 0.581. The normalized spacial score (nSPS) is 10.7. The fourth-order valence-corrected chi connectivity index (χ4v) is 2.00. The van der Waals surface area contributed by atoms with Crippen LogP contribution in [0.15, 0.2) is 41.5 Å². The zero-order valence-corrected chi connectivity index (χ0v) is 12.9. The smallest absolute Gasteiger partial charge is 0.271 e. The van der Waals surface area contributed by atoms with Crippen molar-refractivity contribution in [2.45, 2.75) is 13.5 Å². The summed E-state index contributed by atoms with van der Waals surface area (Å²) in [6, 6.07) is 9.99. The molecule has 120 valence electrons. The van der Waals surface area contributed by atoms with Crippen LogP contribution in [-0.4, -0.2) is 29.4 Å². The molecule has 0 atom stereocenters. The number of benzene rings is 2. The number of hydrazone groups is 1. The molecule has 0 bridgehead atoms. The maximum atomic E-state index is 12.0. The van der Waals surface area contributed by atoms with Crippen molar-refractivity contribution in [1.29, 1.82) is 0 Å². The van der Waals surface area contributed by atoms with Crippen LogP contribution in [0.4, 0.5) is 0 Å². The minimum absolute atomic E-state index is 0.0268. The van der Waals surface area contributed by atoms with Crippen LogP contribution in [0.25, 0.3) is 0 Å². The number of carbonyl (C=O) groups excluding carboxylic acids is 1. The molecule has 6 nitrogen and oxygen atoms in total. The van der Waals surface area contributed by atoms with Gasteiger partial charge in [-0.15, -0.1) is 0 Å². The van der Waals surface area contributed by atoms with Crippen LogP contribution in [0, 0.1) is 6.92 Å². The Morgan fingerprint density at radius 1 is 1.26 bits per heavy atom. The minimum atomic E-state index is -0.387. The van der Waals surface area contributed by atoms with Crippen molar-refractivity contribution < 1.29 is 19.7 Å². The molecule has 0 aliphatic carbocycles. The van der Waals surface area contributed by atoms with Gasteiger partial charge in [-0.05, 0) is 42.3 Å². The van der Waals surface area contributed by atoms with E-state index in [1.807, 2.05) is 0 Å². The van der Waals surface area contributed by atoms with Crippen LogP contribution in [0.1, 0.15) is 27.0 Å². The Morgan fingerprint density at radius 2 is 1.96 bits per heavy atom. The van der Waals surface area contributed by atoms with Crippen molar-refractivity contribution >= 4 is 12.1 Å². The Morgan fingerprint density at radius 3 is 2.57 bits per heavy atom. The number of aliphatic hydroxyl groups is 1. The highest BCUT2D eigenvalue weighted by Crippen LogP contribution is 2.24. The van der Waals surface area contributed by atoms with Crippen LogP contribution < -0.4 is 10.2 Å². The van der Waals surface area contributed by atoms with Crippen molar-refractivity contribution in [2.24, 2.45) is 5.10 Å². The fourth-order valence-electron chi connectivity index (χ4n) is 2.00. The van der Waals surface area contributed by atoms with E-state index in [-0.39, 0.29) is 18.3 Å². The first-order valence-corrected chi connectivity index (χ1v) is 6.96. The van der Waals surface area contributed by atoms with Gasteiger partial charge in [0.05, 0.1) is 19.9 Å². The number of hydrogen-bond acceptors (Lipinski definition) is 5. The van der Waals surface area contributed by atoms with Crippen LogP contribution >= 0.6 is 0 Å². The molecule has 2 aromatic carbocycles. The predicted octanol–water partition coefficient (Wildman–Crippen LogP) is 1.97. The zero-order valence-electron chi connectivity index (χ0n) is 12.9. The number of phenols is 1. The van der Waals surface area contributed by atoms with E-state index in [1.165, 1.54) is 6.21 Å². The van der Waals surface area contributed by atoms with Crippen molar-refractivity contribution in [1.82, 2.24) is 5.43 Å². The van der Waals surface area contributed by atoms with Gasteiger partial charge in [0.1, 0.15) is 11.5 Å². The molecule has 0 saturated heterocycles. The second-order valence-corrected chi connectivity index (χ2v) is 4.89. The summed E-state index contributed by atoms with van der Waals surface area (Å²) in [5.74, 6) is 0.294. The maximum absolute atomic E-state index is 12.0. The average Bonchev–Trinajstić information content (AvgIpc) is 2.58. The Kier molecular flexibility index (Phi) is 5.32. The van der Waals surface area contributed by atoms with Gasteiger partial charge < -0.3 is 14.9 Å². The van der Waals surface area contributed by atoms with Crippen molar-refractivity contribution in [3.63, 3.8) is 0 Å². The number of nitrogens with one attached hydrogen (secondary N) is 1. The second-order valence-electron chi connectivity index (χ2n) is 4.89. The van der Waals surface area contributed by atoms with Crippen LogP contribution in [0.2, 0.25) is 0 Å². The number of aliphatic hydroxyl groups excluding tert-OH is 1. The highest BCUT2D eigenvalue weighted by Gasteiger charge is 2.09. The molecule has 23 heavy (non-hydrogen) atoms. The summed E-state index contributed by atoms with van der Waals surface area (Å²) in [5.41, 5.74) is 4.37. The van der Waals surface area contributed by atoms with Crippen LogP contribution in [-0.2, 0) is 6.61 Å². The molecule has 0 fully saturated rings. The first-order valence-electron chi connectivity index (χ1n) is 6.96. The molecule has 3 N–H and O–H groups in total. The molecular weight excluding hydrogens is 296 g/mol. The number of methoxy groups -OCH3 is 1. The number of ether oxygens (including phenoxy) is 1. The summed E-state index contributed by atoms with van der Waals surface area (Å²) in [6.45, 7) is 1.51. The summed E-state index contributed by atoms with van der Waals surface area (Å²) in [4.78, 5) is 12.0. The Hall–Kier alpha value is -2.86. The lowest BCUT2D eigenvalue weighted by Crippen LogP contribution is -2.17. The lowest BCUT2D eigenvalue weighted by molar-refractivity contribution is 0.0955. The minimum Gasteiger partial charge on any atom is -0.507 e. The number of phenolic OH excluding ortho intramolecular Hbond substituents is 1. The first kappa shape index (κ1) is 16.5. The van der Waals surface area contributed by atoms with Gasteiger partial charge in [0.25, 0.3) is 5.91 Å². The third kappa shape index (κ3) is 3.87. The lowest BCUT2D eigenvalue weighted by Gasteiger charge is -2.08. The molecule has 0 unspecified atom stereocenters. The number of amides is 1. The van der Waals surface area contributed by atoms with Gasteiger partial charge in [0.15, 0.2) is 0 Å². The van der Waals surface area contributed by atoms with E-state index in [0.29, 0.717) is 28.0 Å². The second kappa shape index (κ2) is 7.42. The molecule has 0 aliphatic heterocycles. The summed E-state index contributed by atoms with van der Waals surface area (Å²) < 4.78 is 5.03. The Bertz CT molecular complexity index is 724. The van der Waals surface area contributed by atoms with Gasteiger partial charge in [-0.2, -0.15) is 5.10 Å². The summed E-state index contributed by atoms with van der Waals surface area (Å²) in [5, 5.41) is 23.2. The fraction of sp³-hybridized carbons (Fsp3) is 0.176. The number of aromatic hydroxyl groups is 1. The molecule has 6 heteroatoms. The molecule has 2 rings (SSSR count). The number of aryl methyl sites for hydroxylation is 1. The van der Waals surface area contributed by atoms with E-state index in [1.54, 1.807) is 50.4 Å². The number of rotatable bonds is 5. The predicted molar refractivity (Wildman–Crippen MR) is 86.8 cm³/mol. The molecule has 0 heterocycles. The van der Waals surface area contributed by atoms with E-state index in [2.05, 4.69) is 10.5 Å². The third-order valence-electron chi connectivity index (χ3n) is 3.39. The lowest BCUT2D eigenvalue weighted by atomic mass is 10.0. The molecular formula is C17H18N2O4. The van der Waals surface area contributed by atoms with Gasteiger partial charge in [-0.3, -0.25) is 4.79 Å². The number of carbonyl (C=O) groups is 1. The van der Waals surface area contributed by atoms with Gasteiger partial charge in [-0.1, -0.05) is 12.1 Å². The summed E-state index contributed by atoms with van der Waals surface area (Å²) in [6.07, 6.45) is 1.31. The van der Waals surface area contributed by atoms with Gasteiger partial charge in [0, 0.05) is 11.1 Å². The largest absolute Gasteiger partial charge is 0.507 e. The third-order valence-corrected chi connectivity index (χ3v) is 3.39. The van der Waals surface area contributed by atoms with Crippen molar-refractivity contribution in [3.8, 4) is 11.5 Å². The molecule has 2 aromatic rings. The molecule has 0 aliphatic rings. The first-order chi connectivity index (χ1) is 11.1. The molecule has 0 saturated carbocycles. The van der Waals surface area contributed by atoms with E-state index >= 15 is 0 Å². The summed E-state index contributed by atoms with van der Waals surface area (Å²) >= 11 is 0. The average molecular weight is 314 g/mol. The molecule has 0 radical (unpaired) electrons. The van der Waals surface area contributed by atoms with E-state index < -0.39 is 0 Å². The topological polar surface area (TPSA) is 91.2 Å². The molecule has 1 amide bonds. The SMILES string of the molecule is COc1ccc(C(=O)N/N=C\c2c(CO)ccc(C)c2O)cc1. The standard InChI is InChI=1S/C17H18N2O4/c1-11-3-4-13(10-20)15(16(11)21)9-18-19-17(22)12-5-7-14(23-2)8-6-12/h3-9,20-21H,10H2,1-2H3,(H,19,22)/b18-9-. The van der Waals surface area contributed by atoms with Crippen LogP contribution in [0.5, 0.6) is 11.5 Å². The van der Waals surface area contributed by atoms with Crippen molar-refractivity contribution in [2.75, 3.05) is 7.11 Å². The number of hydrogen-bond donors (Lipinski definition) is 3. The Labute approximate surface area is 134 Å². The highest BCUT2D eigenvalue weighted by atomic mass is 16.5. The monoisotopic (exact) mass is 314 g/mol. The van der Waals surface area contributed by atoms with Crippen molar-refractivity contribution in [3.05, 3.63) is 58.7 Å². The highest BCUT2D eigenvalue weighted by molar-refractivity contribution is 5.95. The van der Waals surface area contributed by atoms with E-state index in [9.17, 15) is 15.0 Å². The van der Waals surface area contributed by atoms with E-state index in [4.69, 9.17) is 4.74 Å². The summed E-state index contributed by atoms with van der Waals surface area (Å²) in [7, 11) is 1.55. The van der Waals surface area contributed by atoms with Crippen LogP contribution in [0.3, 0.4) is 0 Å². The zero-order chi connectivity index (χ0) is 16.8.